The van der Waals surface area contributed by atoms with Crippen molar-refractivity contribution in [2.45, 2.75) is 6.42 Å². The summed E-state index contributed by atoms with van der Waals surface area (Å²) in [6, 6.07) is 7.24. The number of nitrogens with one attached hydrogen (secondary N) is 2. The van der Waals surface area contributed by atoms with Gasteiger partial charge in [-0.05, 0) is 32.6 Å². The number of amides is 2. The lowest BCUT2D eigenvalue weighted by Gasteiger charge is -2.11. The van der Waals surface area contributed by atoms with E-state index >= 15 is 0 Å². The van der Waals surface area contributed by atoms with Crippen molar-refractivity contribution in [2.75, 3.05) is 39.6 Å². The minimum absolute atomic E-state index is 0.0398. The van der Waals surface area contributed by atoms with Gasteiger partial charge in [0.1, 0.15) is 5.75 Å². The highest BCUT2D eigenvalue weighted by Crippen LogP contribution is 2.40. The largest absolute Gasteiger partial charge is 0.495 e. The van der Waals surface area contributed by atoms with Gasteiger partial charge in [-0.25, -0.2) is 0 Å². The molecule has 1 aliphatic rings. The predicted molar refractivity (Wildman–Crippen MR) is 84.8 cm³/mol. The van der Waals surface area contributed by atoms with Crippen molar-refractivity contribution in [2.24, 2.45) is 11.8 Å². The van der Waals surface area contributed by atoms with Crippen LogP contribution in [0.3, 0.4) is 0 Å². The van der Waals surface area contributed by atoms with Gasteiger partial charge in [0.05, 0.1) is 24.6 Å². The zero-order chi connectivity index (χ0) is 16.1. The summed E-state index contributed by atoms with van der Waals surface area (Å²) in [7, 11) is 5.46. The minimum atomic E-state index is -0.246. The predicted octanol–water partition coefficient (Wildman–Crippen LogP) is 0.948. The number of carbonyl (C=O) groups is 2. The molecule has 0 aromatic heterocycles. The van der Waals surface area contributed by atoms with Crippen molar-refractivity contribution in [1.29, 1.82) is 0 Å². The molecule has 2 unspecified atom stereocenters. The van der Waals surface area contributed by atoms with Crippen LogP contribution in [0.4, 0.5) is 5.69 Å². The number of hydrogen-bond donors (Lipinski definition) is 2. The van der Waals surface area contributed by atoms with E-state index in [9.17, 15) is 9.59 Å². The second-order valence-corrected chi connectivity index (χ2v) is 5.73. The zero-order valence-corrected chi connectivity index (χ0v) is 13.3. The fourth-order valence-electron chi connectivity index (χ4n) is 2.28. The zero-order valence-electron chi connectivity index (χ0n) is 13.3. The number of carbonyl (C=O) groups excluding carboxylic acids is 2. The van der Waals surface area contributed by atoms with Crippen LogP contribution in [0.15, 0.2) is 24.3 Å². The van der Waals surface area contributed by atoms with Gasteiger partial charge in [-0.1, -0.05) is 12.1 Å². The summed E-state index contributed by atoms with van der Waals surface area (Å²) in [5.41, 5.74) is 0.633. The molecule has 1 aliphatic carbocycles. The number of rotatable bonds is 7. The average Bonchev–Trinajstić information content (AvgIpc) is 3.28. The van der Waals surface area contributed by atoms with Crippen molar-refractivity contribution in [1.82, 2.24) is 10.2 Å². The Morgan fingerprint density at radius 2 is 1.91 bits per heavy atom. The quantitative estimate of drug-likeness (QED) is 0.787. The SMILES string of the molecule is COc1ccccc1NC(=O)C1CC1C(=O)NCCN(C)C. The van der Waals surface area contributed by atoms with E-state index < -0.39 is 0 Å². The maximum Gasteiger partial charge on any atom is 0.228 e. The Morgan fingerprint density at radius 3 is 2.59 bits per heavy atom. The van der Waals surface area contributed by atoms with Gasteiger partial charge >= 0.3 is 0 Å². The Hall–Kier alpha value is -2.08. The molecule has 0 heterocycles. The summed E-state index contributed by atoms with van der Waals surface area (Å²) in [6.45, 7) is 1.39. The van der Waals surface area contributed by atoms with Gasteiger partial charge in [-0.15, -0.1) is 0 Å². The molecule has 2 rings (SSSR count). The van der Waals surface area contributed by atoms with Crippen molar-refractivity contribution >= 4 is 17.5 Å². The summed E-state index contributed by atoms with van der Waals surface area (Å²) in [4.78, 5) is 26.1. The van der Waals surface area contributed by atoms with Crippen molar-refractivity contribution in [3.05, 3.63) is 24.3 Å². The molecular weight excluding hydrogens is 282 g/mol. The molecule has 1 aromatic rings. The monoisotopic (exact) mass is 305 g/mol. The van der Waals surface area contributed by atoms with Crippen LogP contribution in [0, 0.1) is 11.8 Å². The van der Waals surface area contributed by atoms with E-state index in [4.69, 9.17) is 4.74 Å². The van der Waals surface area contributed by atoms with E-state index in [1.165, 1.54) is 0 Å². The summed E-state index contributed by atoms with van der Waals surface area (Å²) >= 11 is 0. The normalized spacial score (nSPS) is 19.6. The van der Waals surface area contributed by atoms with Gasteiger partial charge in [0, 0.05) is 13.1 Å². The third kappa shape index (κ3) is 4.21. The van der Waals surface area contributed by atoms with Crippen LogP contribution in [-0.2, 0) is 9.59 Å². The van der Waals surface area contributed by atoms with Crippen LogP contribution in [0.25, 0.3) is 0 Å². The first-order valence-corrected chi connectivity index (χ1v) is 7.39. The lowest BCUT2D eigenvalue weighted by Crippen LogP contribution is -2.33. The van der Waals surface area contributed by atoms with Gasteiger partial charge in [0.15, 0.2) is 0 Å². The highest BCUT2D eigenvalue weighted by atomic mass is 16.5. The van der Waals surface area contributed by atoms with Crippen LogP contribution < -0.4 is 15.4 Å². The van der Waals surface area contributed by atoms with Crippen LogP contribution in [0.5, 0.6) is 5.75 Å². The number of para-hydroxylation sites is 2. The second-order valence-electron chi connectivity index (χ2n) is 5.73. The molecular formula is C16H23N3O3. The lowest BCUT2D eigenvalue weighted by molar-refractivity contribution is -0.125. The summed E-state index contributed by atoms with van der Waals surface area (Å²) in [5, 5.41) is 5.69. The molecule has 2 amide bonds. The van der Waals surface area contributed by atoms with Crippen molar-refractivity contribution in [3.63, 3.8) is 0 Å². The van der Waals surface area contributed by atoms with Crippen LogP contribution >= 0.6 is 0 Å². The van der Waals surface area contributed by atoms with E-state index in [1.54, 1.807) is 19.2 Å². The average molecular weight is 305 g/mol. The third-order valence-electron chi connectivity index (χ3n) is 3.69. The summed E-state index contributed by atoms with van der Waals surface area (Å²) in [5.74, 6) is -0.0103. The van der Waals surface area contributed by atoms with Gasteiger partial charge in [-0.3, -0.25) is 9.59 Å². The van der Waals surface area contributed by atoms with Crippen molar-refractivity contribution in [3.8, 4) is 5.75 Å². The Kier molecular flexibility index (Phi) is 5.38. The molecule has 2 atom stereocenters. The number of anilines is 1. The number of ether oxygens (including phenoxy) is 1. The number of hydrogen-bond acceptors (Lipinski definition) is 4. The fraction of sp³-hybridized carbons (Fsp3) is 0.500. The lowest BCUT2D eigenvalue weighted by atomic mass is 10.2. The molecule has 1 saturated carbocycles. The standard InChI is InChI=1S/C16H23N3O3/c1-19(2)9-8-17-15(20)11-10-12(11)16(21)18-13-6-4-5-7-14(13)22-3/h4-7,11-12H,8-10H2,1-3H3,(H,17,20)(H,18,21). The maximum atomic E-state index is 12.2. The third-order valence-corrected chi connectivity index (χ3v) is 3.69. The van der Waals surface area contributed by atoms with Crippen LogP contribution in [-0.4, -0.2) is 51.0 Å². The van der Waals surface area contributed by atoms with Crippen LogP contribution in [0.2, 0.25) is 0 Å². The van der Waals surface area contributed by atoms with Crippen molar-refractivity contribution < 1.29 is 14.3 Å². The fourth-order valence-corrected chi connectivity index (χ4v) is 2.28. The minimum Gasteiger partial charge on any atom is -0.495 e. The van der Waals surface area contributed by atoms with Crippen LogP contribution in [0.1, 0.15) is 6.42 Å². The van der Waals surface area contributed by atoms with E-state index in [1.807, 2.05) is 31.1 Å². The molecule has 0 spiro atoms. The molecule has 0 saturated heterocycles. The Balaban J connectivity index is 1.82. The molecule has 0 radical (unpaired) electrons. The van der Waals surface area contributed by atoms with E-state index in [-0.39, 0.29) is 23.7 Å². The molecule has 22 heavy (non-hydrogen) atoms. The maximum absolute atomic E-state index is 12.2. The smallest absolute Gasteiger partial charge is 0.228 e. The Labute approximate surface area is 130 Å². The summed E-state index contributed by atoms with van der Waals surface area (Å²) < 4.78 is 5.20. The van der Waals surface area contributed by atoms with Gasteiger partial charge in [0.2, 0.25) is 11.8 Å². The van der Waals surface area contributed by atoms with Gasteiger partial charge in [0.25, 0.3) is 0 Å². The molecule has 120 valence electrons. The molecule has 0 aliphatic heterocycles. The number of likely N-dealkylation sites (N-methyl/N-ethyl adjacent to an activating group) is 1. The molecule has 1 fully saturated rings. The first-order valence-electron chi connectivity index (χ1n) is 7.39. The second kappa shape index (κ2) is 7.26. The molecule has 0 bridgehead atoms. The molecule has 1 aromatic carbocycles. The summed E-state index contributed by atoms with van der Waals surface area (Å²) in [6.07, 6.45) is 0.606. The van der Waals surface area contributed by atoms with E-state index in [0.717, 1.165) is 6.54 Å². The molecule has 6 heteroatoms. The Morgan fingerprint density at radius 1 is 1.23 bits per heavy atom. The van der Waals surface area contributed by atoms with Gasteiger partial charge in [-0.2, -0.15) is 0 Å². The van der Waals surface area contributed by atoms with E-state index in [0.29, 0.717) is 24.4 Å². The first kappa shape index (κ1) is 16.3. The highest BCUT2D eigenvalue weighted by Gasteiger charge is 2.48. The number of methoxy groups -OCH3 is 1. The number of nitrogens with zero attached hydrogens (tertiary/aromatic N) is 1. The molecule has 6 nitrogen and oxygen atoms in total. The van der Waals surface area contributed by atoms with E-state index in [2.05, 4.69) is 10.6 Å². The topological polar surface area (TPSA) is 70.7 Å². The first-order chi connectivity index (χ1) is 10.5. The van der Waals surface area contributed by atoms with Gasteiger partial charge < -0.3 is 20.3 Å². The Bertz CT molecular complexity index is 545. The number of benzene rings is 1. The highest BCUT2D eigenvalue weighted by molar-refractivity contribution is 6.00. The molecule has 2 N–H and O–H groups in total.